The molecule has 25 heavy (non-hydrogen) atoms. The van der Waals surface area contributed by atoms with Crippen LogP contribution in [0.4, 0.5) is 0 Å². The first-order valence-electron chi connectivity index (χ1n) is 9.35. The molecule has 0 radical (unpaired) electrons. The highest BCUT2D eigenvalue weighted by Gasteiger charge is 2.37. The number of nitrogens with zero attached hydrogens (tertiary/aromatic N) is 4. The zero-order chi connectivity index (χ0) is 17.4. The summed E-state index contributed by atoms with van der Waals surface area (Å²) in [6.07, 6.45) is 9.15. The minimum Gasteiger partial charge on any atom is -0.376 e. The Bertz CT molecular complexity index is 699. The van der Waals surface area contributed by atoms with Crippen molar-refractivity contribution < 1.29 is 9.26 Å². The van der Waals surface area contributed by atoms with Crippen molar-refractivity contribution in [2.75, 3.05) is 13.2 Å². The van der Waals surface area contributed by atoms with Crippen LogP contribution in [0, 0.1) is 19.8 Å². The third kappa shape index (κ3) is 3.80. The number of hydrogen-bond acceptors (Lipinski definition) is 5. The molecule has 0 bridgehead atoms. The molecule has 0 amide bonds. The van der Waals surface area contributed by atoms with Gasteiger partial charge in [-0.1, -0.05) is 5.16 Å². The predicted molar refractivity (Wildman–Crippen MR) is 94.2 cm³/mol. The first-order chi connectivity index (χ1) is 12.1. The number of likely N-dealkylation sites (tertiary alicyclic amines) is 1. The molecule has 136 valence electrons. The maximum atomic E-state index is 6.32. The summed E-state index contributed by atoms with van der Waals surface area (Å²) in [4.78, 5) is 2.54. The van der Waals surface area contributed by atoms with Gasteiger partial charge in [0.2, 0.25) is 0 Å². The first-order valence-corrected chi connectivity index (χ1v) is 9.35. The molecule has 0 aromatic carbocycles. The van der Waals surface area contributed by atoms with Gasteiger partial charge >= 0.3 is 0 Å². The standard InChI is InChI=1S/C19H28N4O2/c1-13-17(14(2)25-21-13)11-23-7-6-19(24-12-15-4-5-15)18(23)8-16-9-20-22(3)10-16/h9-10,15,18-19H,4-8,11-12H2,1-3H3/t18-,19-/m1/s1. The molecule has 0 unspecified atom stereocenters. The Morgan fingerprint density at radius 1 is 1.28 bits per heavy atom. The Balaban J connectivity index is 1.49. The Hall–Kier alpha value is -1.66. The lowest BCUT2D eigenvalue weighted by Crippen LogP contribution is -2.38. The number of aryl methyl sites for hydroxylation is 3. The van der Waals surface area contributed by atoms with E-state index in [9.17, 15) is 0 Å². The van der Waals surface area contributed by atoms with Gasteiger partial charge in [-0.3, -0.25) is 9.58 Å². The van der Waals surface area contributed by atoms with Crippen LogP contribution in [0.15, 0.2) is 16.9 Å². The predicted octanol–water partition coefficient (Wildman–Crippen LogP) is 2.64. The SMILES string of the molecule is Cc1noc(C)c1CN1CC[C@@H](OCC2CC2)[C@H]1Cc1cnn(C)c1. The highest BCUT2D eigenvalue weighted by atomic mass is 16.5. The van der Waals surface area contributed by atoms with Crippen molar-refractivity contribution in [2.45, 2.75) is 58.2 Å². The fraction of sp³-hybridized carbons (Fsp3) is 0.684. The molecule has 1 saturated carbocycles. The van der Waals surface area contributed by atoms with E-state index in [1.54, 1.807) is 0 Å². The monoisotopic (exact) mass is 344 g/mol. The van der Waals surface area contributed by atoms with Gasteiger partial charge in [-0.2, -0.15) is 5.10 Å². The van der Waals surface area contributed by atoms with Crippen molar-refractivity contribution >= 4 is 0 Å². The molecule has 4 rings (SSSR count). The lowest BCUT2D eigenvalue weighted by Gasteiger charge is -2.28. The summed E-state index contributed by atoms with van der Waals surface area (Å²) in [5, 5.41) is 8.44. The molecule has 3 heterocycles. The smallest absolute Gasteiger partial charge is 0.138 e. The summed E-state index contributed by atoms with van der Waals surface area (Å²) in [7, 11) is 1.97. The van der Waals surface area contributed by atoms with E-state index in [0.29, 0.717) is 12.1 Å². The zero-order valence-corrected chi connectivity index (χ0v) is 15.4. The molecular formula is C19H28N4O2. The van der Waals surface area contributed by atoms with Gasteiger partial charge in [0.15, 0.2) is 0 Å². The summed E-state index contributed by atoms with van der Waals surface area (Å²) in [5.41, 5.74) is 3.50. The molecule has 2 aromatic heterocycles. The average molecular weight is 344 g/mol. The van der Waals surface area contributed by atoms with E-state index in [1.807, 2.05) is 31.8 Å². The summed E-state index contributed by atoms with van der Waals surface area (Å²) in [6.45, 7) is 6.90. The summed E-state index contributed by atoms with van der Waals surface area (Å²) in [6, 6.07) is 0.386. The van der Waals surface area contributed by atoms with Gasteiger partial charge in [0, 0.05) is 44.5 Å². The number of rotatable bonds is 7. The van der Waals surface area contributed by atoms with Crippen molar-refractivity contribution in [3.05, 3.63) is 35.0 Å². The molecule has 1 aliphatic carbocycles. The van der Waals surface area contributed by atoms with Crippen LogP contribution in [0.3, 0.4) is 0 Å². The Labute approximate surface area is 149 Å². The molecule has 0 spiro atoms. The van der Waals surface area contributed by atoms with E-state index >= 15 is 0 Å². The maximum absolute atomic E-state index is 6.32. The van der Waals surface area contributed by atoms with Gasteiger partial charge in [0.1, 0.15) is 5.76 Å². The van der Waals surface area contributed by atoms with Crippen LogP contribution >= 0.6 is 0 Å². The molecule has 6 nitrogen and oxygen atoms in total. The third-order valence-corrected chi connectivity index (χ3v) is 5.59. The second-order valence-electron chi connectivity index (χ2n) is 7.67. The lowest BCUT2D eigenvalue weighted by molar-refractivity contribution is 0.0196. The van der Waals surface area contributed by atoms with Crippen molar-refractivity contribution in [1.29, 1.82) is 0 Å². The molecule has 2 fully saturated rings. The highest BCUT2D eigenvalue weighted by Crippen LogP contribution is 2.32. The second kappa shape index (κ2) is 6.92. The van der Waals surface area contributed by atoms with Gasteiger partial charge in [-0.05, 0) is 51.0 Å². The summed E-state index contributed by atoms with van der Waals surface area (Å²) < 4.78 is 13.6. The Morgan fingerprint density at radius 3 is 2.76 bits per heavy atom. The minimum absolute atomic E-state index is 0.307. The molecule has 1 aliphatic heterocycles. The van der Waals surface area contributed by atoms with Crippen LogP contribution in [0.1, 0.15) is 41.8 Å². The van der Waals surface area contributed by atoms with Gasteiger partial charge < -0.3 is 9.26 Å². The van der Waals surface area contributed by atoms with Crippen LogP contribution in [0.2, 0.25) is 0 Å². The first kappa shape index (κ1) is 16.8. The van der Waals surface area contributed by atoms with Gasteiger partial charge in [0.25, 0.3) is 0 Å². The summed E-state index contributed by atoms with van der Waals surface area (Å²) in [5.74, 6) is 1.73. The number of ether oxygens (including phenoxy) is 1. The molecule has 2 aromatic rings. The molecule has 2 atom stereocenters. The van der Waals surface area contributed by atoms with Gasteiger partial charge in [0.05, 0.1) is 18.0 Å². The lowest BCUT2D eigenvalue weighted by atomic mass is 10.0. The van der Waals surface area contributed by atoms with E-state index in [2.05, 4.69) is 21.4 Å². The minimum atomic E-state index is 0.307. The van der Waals surface area contributed by atoms with Crippen molar-refractivity contribution in [1.82, 2.24) is 19.8 Å². The number of hydrogen-bond donors (Lipinski definition) is 0. The Kier molecular flexibility index (Phi) is 4.65. The van der Waals surface area contributed by atoms with Crippen LogP contribution in [-0.4, -0.2) is 45.1 Å². The topological polar surface area (TPSA) is 56.3 Å². The third-order valence-electron chi connectivity index (χ3n) is 5.59. The fourth-order valence-corrected chi connectivity index (χ4v) is 3.83. The molecule has 2 aliphatic rings. The summed E-state index contributed by atoms with van der Waals surface area (Å²) >= 11 is 0. The normalized spacial score (nSPS) is 24.3. The van der Waals surface area contributed by atoms with Crippen molar-refractivity contribution in [3.8, 4) is 0 Å². The van der Waals surface area contributed by atoms with Crippen LogP contribution in [-0.2, 0) is 24.8 Å². The van der Waals surface area contributed by atoms with Crippen LogP contribution < -0.4 is 0 Å². The van der Waals surface area contributed by atoms with E-state index in [-0.39, 0.29) is 0 Å². The fourth-order valence-electron chi connectivity index (χ4n) is 3.83. The quantitative estimate of drug-likeness (QED) is 0.773. The van der Waals surface area contributed by atoms with Crippen LogP contribution in [0.5, 0.6) is 0 Å². The molecule has 1 saturated heterocycles. The number of aromatic nitrogens is 3. The highest BCUT2D eigenvalue weighted by molar-refractivity contribution is 5.21. The molecule has 6 heteroatoms. The van der Waals surface area contributed by atoms with Crippen molar-refractivity contribution in [2.24, 2.45) is 13.0 Å². The second-order valence-corrected chi connectivity index (χ2v) is 7.67. The van der Waals surface area contributed by atoms with Crippen molar-refractivity contribution in [3.63, 3.8) is 0 Å². The molecular weight excluding hydrogens is 316 g/mol. The largest absolute Gasteiger partial charge is 0.376 e. The van der Waals surface area contributed by atoms with Gasteiger partial charge in [-0.15, -0.1) is 0 Å². The van der Waals surface area contributed by atoms with E-state index in [0.717, 1.165) is 49.9 Å². The molecule has 0 N–H and O–H groups in total. The van der Waals surface area contributed by atoms with Gasteiger partial charge in [-0.25, -0.2) is 0 Å². The Morgan fingerprint density at radius 2 is 2.12 bits per heavy atom. The average Bonchev–Trinajstić information content (AvgIpc) is 3.11. The van der Waals surface area contributed by atoms with E-state index in [4.69, 9.17) is 9.26 Å². The van der Waals surface area contributed by atoms with Crippen LogP contribution in [0.25, 0.3) is 0 Å². The zero-order valence-electron chi connectivity index (χ0n) is 15.4. The van der Waals surface area contributed by atoms with E-state index < -0.39 is 0 Å². The maximum Gasteiger partial charge on any atom is 0.138 e. The van der Waals surface area contributed by atoms with E-state index in [1.165, 1.54) is 24.0 Å².